The van der Waals surface area contributed by atoms with Crippen LogP contribution in [0.2, 0.25) is 0 Å². The molecule has 0 saturated carbocycles. The van der Waals surface area contributed by atoms with Crippen LogP contribution in [0.1, 0.15) is 21.8 Å². The first kappa shape index (κ1) is 13.1. The Morgan fingerprint density at radius 1 is 1.33 bits per heavy atom. The van der Waals surface area contributed by atoms with Crippen LogP contribution in [-0.2, 0) is 13.0 Å². The van der Waals surface area contributed by atoms with Crippen LogP contribution >= 0.6 is 11.3 Å². The summed E-state index contributed by atoms with van der Waals surface area (Å²) in [4.78, 5) is 4.39. The molecule has 0 aliphatic heterocycles. The van der Waals surface area contributed by atoms with Crippen molar-refractivity contribution in [2.24, 2.45) is 5.73 Å². The van der Waals surface area contributed by atoms with Gasteiger partial charge in [-0.15, -0.1) is 11.3 Å². The summed E-state index contributed by atoms with van der Waals surface area (Å²) in [6.07, 6.45) is 0.840. The first-order chi connectivity index (χ1) is 8.69. The molecule has 0 unspecified atom stereocenters. The van der Waals surface area contributed by atoms with Crippen LogP contribution in [-0.4, -0.2) is 11.5 Å². The Morgan fingerprint density at radius 3 is 2.83 bits per heavy atom. The van der Waals surface area contributed by atoms with E-state index in [4.69, 9.17) is 10.5 Å². The predicted octanol–water partition coefficient (Wildman–Crippen LogP) is 2.84. The number of thiazole rings is 1. The van der Waals surface area contributed by atoms with Gasteiger partial charge in [0.2, 0.25) is 0 Å². The van der Waals surface area contributed by atoms with Gasteiger partial charge >= 0.3 is 0 Å². The molecule has 3 nitrogen and oxygen atoms in total. The minimum atomic E-state index is 0.519. The van der Waals surface area contributed by atoms with Gasteiger partial charge in [0.25, 0.3) is 0 Å². The molecule has 0 fully saturated rings. The fourth-order valence-corrected chi connectivity index (χ4v) is 2.42. The molecule has 1 aromatic carbocycles. The lowest BCUT2D eigenvalue weighted by Gasteiger charge is -2.11. The highest BCUT2D eigenvalue weighted by Gasteiger charge is 2.05. The number of nitrogens with zero attached hydrogens (tertiary/aromatic N) is 1. The Morgan fingerprint density at radius 2 is 2.17 bits per heavy atom. The summed E-state index contributed by atoms with van der Waals surface area (Å²) >= 11 is 1.65. The molecule has 0 spiro atoms. The second-order valence-corrected chi connectivity index (χ2v) is 5.36. The monoisotopic (exact) mass is 262 g/mol. The highest BCUT2D eigenvalue weighted by atomic mass is 32.1. The van der Waals surface area contributed by atoms with Gasteiger partial charge in [0, 0.05) is 5.38 Å². The molecule has 0 bridgehead atoms. The molecule has 1 heterocycles. The van der Waals surface area contributed by atoms with E-state index < -0.39 is 0 Å². The summed E-state index contributed by atoms with van der Waals surface area (Å²) in [5, 5.41) is 3.10. The molecular formula is C14H18N2OS. The zero-order valence-electron chi connectivity index (χ0n) is 10.8. The number of hydrogen-bond acceptors (Lipinski definition) is 4. The van der Waals surface area contributed by atoms with E-state index in [0.29, 0.717) is 13.2 Å². The van der Waals surface area contributed by atoms with Crippen LogP contribution in [0.4, 0.5) is 0 Å². The van der Waals surface area contributed by atoms with E-state index in [1.165, 1.54) is 11.1 Å². The van der Waals surface area contributed by atoms with Crippen LogP contribution in [0.3, 0.4) is 0 Å². The quantitative estimate of drug-likeness (QED) is 0.901. The summed E-state index contributed by atoms with van der Waals surface area (Å²) in [6.45, 7) is 5.23. The average Bonchev–Trinajstić information content (AvgIpc) is 2.75. The van der Waals surface area contributed by atoms with Gasteiger partial charge in [0.05, 0.1) is 10.7 Å². The Hall–Kier alpha value is -1.39. The Kier molecular flexibility index (Phi) is 4.33. The fourth-order valence-electron chi connectivity index (χ4n) is 1.83. The van der Waals surface area contributed by atoms with Crippen molar-refractivity contribution in [2.45, 2.75) is 26.9 Å². The topological polar surface area (TPSA) is 48.1 Å². The normalized spacial score (nSPS) is 10.6. The van der Waals surface area contributed by atoms with Crippen molar-refractivity contribution >= 4 is 11.3 Å². The number of rotatable bonds is 5. The van der Waals surface area contributed by atoms with E-state index in [2.05, 4.69) is 24.0 Å². The van der Waals surface area contributed by atoms with E-state index in [0.717, 1.165) is 22.9 Å². The van der Waals surface area contributed by atoms with Gasteiger partial charge in [-0.05, 0) is 38.4 Å². The summed E-state index contributed by atoms with van der Waals surface area (Å²) < 4.78 is 5.83. The maximum Gasteiger partial charge on any atom is 0.131 e. The van der Waals surface area contributed by atoms with Crippen LogP contribution in [0.25, 0.3) is 0 Å². The van der Waals surface area contributed by atoms with Crippen molar-refractivity contribution in [3.8, 4) is 5.75 Å². The van der Waals surface area contributed by atoms with Crippen molar-refractivity contribution in [3.63, 3.8) is 0 Å². The third-order valence-corrected chi connectivity index (χ3v) is 3.49. The number of aromatic nitrogens is 1. The highest BCUT2D eigenvalue weighted by molar-refractivity contribution is 7.09. The number of hydrogen-bond donors (Lipinski definition) is 1. The molecule has 0 saturated heterocycles. The van der Waals surface area contributed by atoms with Crippen LogP contribution < -0.4 is 10.5 Å². The van der Waals surface area contributed by atoms with Crippen molar-refractivity contribution in [2.75, 3.05) is 6.54 Å². The molecule has 2 rings (SSSR count). The average molecular weight is 262 g/mol. The Bertz CT molecular complexity index is 522. The van der Waals surface area contributed by atoms with Crippen molar-refractivity contribution in [1.82, 2.24) is 4.98 Å². The van der Waals surface area contributed by atoms with Crippen LogP contribution in [0, 0.1) is 13.8 Å². The fraction of sp³-hybridized carbons (Fsp3) is 0.357. The molecule has 18 heavy (non-hydrogen) atoms. The maximum atomic E-state index is 5.83. The standard InChI is InChI=1S/C14H18N2OS/c1-10-3-4-14(12(7-10)5-6-15)17-8-13-9-18-11(2)16-13/h3-4,7,9H,5-6,8,15H2,1-2H3. The lowest BCUT2D eigenvalue weighted by atomic mass is 10.1. The largest absolute Gasteiger partial charge is 0.487 e. The number of nitrogens with two attached hydrogens (primary N) is 1. The summed E-state index contributed by atoms with van der Waals surface area (Å²) in [6, 6.07) is 6.20. The van der Waals surface area contributed by atoms with Gasteiger partial charge in [0.15, 0.2) is 0 Å². The lowest BCUT2D eigenvalue weighted by Crippen LogP contribution is -2.06. The smallest absolute Gasteiger partial charge is 0.131 e. The second kappa shape index (κ2) is 5.98. The van der Waals surface area contributed by atoms with E-state index in [9.17, 15) is 0 Å². The third kappa shape index (κ3) is 3.31. The minimum absolute atomic E-state index is 0.519. The van der Waals surface area contributed by atoms with E-state index in [1.807, 2.05) is 18.4 Å². The summed E-state index contributed by atoms with van der Waals surface area (Å²) in [5.74, 6) is 0.914. The molecular weight excluding hydrogens is 244 g/mol. The third-order valence-electron chi connectivity index (χ3n) is 2.67. The van der Waals surface area contributed by atoms with E-state index in [1.54, 1.807) is 11.3 Å². The predicted molar refractivity (Wildman–Crippen MR) is 75.1 cm³/mol. The Labute approximate surface area is 112 Å². The molecule has 0 aliphatic rings. The zero-order valence-corrected chi connectivity index (χ0v) is 11.6. The lowest BCUT2D eigenvalue weighted by molar-refractivity contribution is 0.299. The number of benzene rings is 1. The van der Waals surface area contributed by atoms with Gasteiger partial charge in [-0.25, -0.2) is 4.98 Å². The minimum Gasteiger partial charge on any atom is -0.487 e. The number of ether oxygens (including phenoxy) is 1. The molecule has 96 valence electrons. The molecule has 2 aromatic rings. The number of aryl methyl sites for hydroxylation is 2. The first-order valence-electron chi connectivity index (χ1n) is 6.02. The molecule has 4 heteroatoms. The van der Waals surface area contributed by atoms with E-state index in [-0.39, 0.29) is 0 Å². The summed E-state index contributed by atoms with van der Waals surface area (Å²) in [5.41, 5.74) is 9.01. The van der Waals surface area contributed by atoms with Crippen LogP contribution in [0.5, 0.6) is 5.75 Å². The first-order valence-corrected chi connectivity index (χ1v) is 6.90. The Balaban J connectivity index is 2.08. The SMILES string of the molecule is Cc1ccc(OCc2csc(C)n2)c(CCN)c1. The van der Waals surface area contributed by atoms with Crippen molar-refractivity contribution < 1.29 is 4.74 Å². The second-order valence-electron chi connectivity index (χ2n) is 4.30. The molecule has 0 atom stereocenters. The molecule has 2 N–H and O–H groups in total. The van der Waals surface area contributed by atoms with Gasteiger partial charge in [-0.2, -0.15) is 0 Å². The maximum absolute atomic E-state index is 5.83. The molecule has 0 radical (unpaired) electrons. The highest BCUT2D eigenvalue weighted by Crippen LogP contribution is 2.22. The summed E-state index contributed by atoms with van der Waals surface area (Å²) in [7, 11) is 0. The van der Waals surface area contributed by atoms with Gasteiger partial charge in [-0.1, -0.05) is 17.7 Å². The molecule has 0 aliphatic carbocycles. The van der Waals surface area contributed by atoms with E-state index >= 15 is 0 Å². The van der Waals surface area contributed by atoms with Crippen molar-refractivity contribution in [1.29, 1.82) is 0 Å². The molecule has 0 amide bonds. The molecule has 1 aromatic heterocycles. The van der Waals surface area contributed by atoms with Gasteiger partial charge in [-0.3, -0.25) is 0 Å². The van der Waals surface area contributed by atoms with Gasteiger partial charge in [0.1, 0.15) is 12.4 Å². The van der Waals surface area contributed by atoms with Gasteiger partial charge < -0.3 is 10.5 Å². The van der Waals surface area contributed by atoms with Crippen LogP contribution in [0.15, 0.2) is 23.6 Å². The van der Waals surface area contributed by atoms with Crippen molar-refractivity contribution in [3.05, 3.63) is 45.4 Å². The zero-order chi connectivity index (χ0) is 13.0.